The molecule has 3 fully saturated rings. The first-order chi connectivity index (χ1) is 46.5. The maximum atomic E-state index is 13.4. The molecule has 3 aliphatic heterocycles. The Balaban J connectivity index is 0.000000212. The van der Waals surface area contributed by atoms with Gasteiger partial charge in [0.05, 0.1) is 44.7 Å². The summed E-state index contributed by atoms with van der Waals surface area (Å²) < 4.78 is 64.0. The Morgan fingerprint density at radius 1 is 0.536 bits per heavy atom. The molecule has 5 heterocycles. The van der Waals surface area contributed by atoms with E-state index in [9.17, 15) is 29.1 Å². The fourth-order valence-electron chi connectivity index (χ4n) is 12.3. The highest BCUT2D eigenvalue weighted by atomic mass is 16.7. The summed E-state index contributed by atoms with van der Waals surface area (Å²) in [5, 5.41) is 10.9. The smallest absolute Gasteiger partial charge is 0.497 e. The molecule has 8 atom stereocenters. The number of aryl methyl sites for hydroxylation is 4. The number of aliphatic hydroxyl groups excluding tert-OH is 1. The van der Waals surface area contributed by atoms with Gasteiger partial charge in [-0.15, -0.1) is 0 Å². The highest BCUT2D eigenvalue weighted by molar-refractivity contribution is 6.62. The lowest BCUT2D eigenvalue weighted by molar-refractivity contribution is -0.1000. The fourth-order valence-corrected chi connectivity index (χ4v) is 12.3. The first kappa shape index (κ1) is 68.9. The maximum Gasteiger partial charge on any atom is 0.508 e. The SMILES string of the molecule is COc1ccc(C(OC[C@H]2O[C@@H](n3cc(C)c(=O)[nH]c3=O)C[C@@H]2O)(c2ccccc2)c2ccc(C)cc2)cc1.COc1ccc(C(OC[C@H]2O[C@@H](n3cc(C)c(=O)[nH]c3=O)C[C@@H]2OC(=O)OCc2ccc(B3OC(C)(C)C(C)(C)O3)cc2)(c2ccccc2)c2ccc(C)cc2)cc1. The molecule has 12 rings (SSSR count). The van der Waals surface area contributed by atoms with E-state index in [4.69, 9.17) is 47.2 Å². The number of nitrogens with one attached hydrogen (secondary N) is 2. The number of hydrogen-bond acceptors (Lipinski definition) is 16. The summed E-state index contributed by atoms with van der Waals surface area (Å²) in [6, 6.07) is 58.9. The number of aromatic nitrogens is 4. The van der Waals surface area contributed by atoms with Crippen LogP contribution < -0.4 is 37.4 Å². The minimum absolute atomic E-state index is 0.0452. The molecule has 0 aliphatic carbocycles. The van der Waals surface area contributed by atoms with Crippen molar-refractivity contribution in [2.75, 3.05) is 27.4 Å². The van der Waals surface area contributed by atoms with Crippen molar-refractivity contribution >= 4 is 18.7 Å². The van der Waals surface area contributed by atoms with E-state index in [1.165, 1.54) is 21.5 Å². The van der Waals surface area contributed by atoms with Gasteiger partial charge in [-0.2, -0.15) is 0 Å². The molecule has 2 unspecified atom stereocenters. The number of nitrogens with zero attached hydrogens (tertiary/aromatic N) is 2. The lowest BCUT2D eigenvalue weighted by Gasteiger charge is -2.37. The number of aliphatic hydroxyl groups is 1. The Labute approximate surface area is 562 Å². The van der Waals surface area contributed by atoms with Crippen molar-refractivity contribution in [3.8, 4) is 11.5 Å². The first-order valence-corrected chi connectivity index (χ1v) is 32.2. The van der Waals surface area contributed by atoms with Crippen molar-refractivity contribution in [3.63, 3.8) is 0 Å². The number of carbonyl (C=O) groups is 1. The van der Waals surface area contributed by atoms with Gasteiger partial charge >= 0.3 is 24.7 Å². The molecule has 97 heavy (non-hydrogen) atoms. The van der Waals surface area contributed by atoms with Gasteiger partial charge in [0.1, 0.15) is 60.1 Å². The Morgan fingerprint density at radius 3 is 1.36 bits per heavy atom. The van der Waals surface area contributed by atoms with Gasteiger partial charge < -0.3 is 52.3 Å². The summed E-state index contributed by atoms with van der Waals surface area (Å²) in [6.45, 7) is 15.2. The quantitative estimate of drug-likeness (QED) is 0.0365. The van der Waals surface area contributed by atoms with E-state index in [-0.39, 0.29) is 32.7 Å². The minimum atomic E-state index is -1.15. The second-order valence-electron chi connectivity index (χ2n) is 25.7. The molecule has 21 heteroatoms. The minimum Gasteiger partial charge on any atom is -0.497 e. The van der Waals surface area contributed by atoms with Crippen LogP contribution in [0.1, 0.15) is 114 Å². The molecule has 3 aliphatic rings. The number of H-pyrrole nitrogens is 2. The molecule has 2 aromatic heterocycles. The van der Waals surface area contributed by atoms with Crippen molar-refractivity contribution in [1.82, 2.24) is 19.1 Å². The van der Waals surface area contributed by atoms with E-state index in [1.807, 2.05) is 224 Å². The molecule has 20 nitrogen and oxygen atoms in total. The summed E-state index contributed by atoms with van der Waals surface area (Å²) >= 11 is 0. The summed E-state index contributed by atoms with van der Waals surface area (Å²) in [5.74, 6) is 1.41. The highest BCUT2D eigenvalue weighted by Crippen LogP contribution is 2.45. The van der Waals surface area contributed by atoms with E-state index in [1.54, 1.807) is 28.1 Å². The monoisotopic (exact) mass is 1320 g/mol. The number of rotatable bonds is 20. The van der Waals surface area contributed by atoms with E-state index in [0.29, 0.717) is 16.9 Å². The van der Waals surface area contributed by atoms with Crippen LogP contribution in [-0.4, -0.2) is 101 Å². The Kier molecular flexibility index (Phi) is 20.7. The van der Waals surface area contributed by atoms with Crippen molar-refractivity contribution in [2.24, 2.45) is 0 Å². The zero-order valence-electron chi connectivity index (χ0n) is 56.0. The number of aromatic amines is 2. The van der Waals surface area contributed by atoms with Crippen LogP contribution in [0.15, 0.2) is 214 Å². The van der Waals surface area contributed by atoms with Gasteiger partial charge in [-0.3, -0.25) is 28.7 Å². The summed E-state index contributed by atoms with van der Waals surface area (Å²) in [4.78, 5) is 67.6. The van der Waals surface area contributed by atoms with E-state index in [0.717, 1.165) is 61.3 Å². The zero-order chi connectivity index (χ0) is 68.8. The molecule has 0 spiro atoms. The van der Waals surface area contributed by atoms with Crippen LogP contribution in [0.2, 0.25) is 0 Å². The van der Waals surface area contributed by atoms with Crippen LogP contribution in [0.4, 0.5) is 4.79 Å². The van der Waals surface area contributed by atoms with Gasteiger partial charge in [-0.25, -0.2) is 14.4 Å². The molecule has 7 aromatic carbocycles. The van der Waals surface area contributed by atoms with Gasteiger partial charge in [-0.1, -0.05) is 169 Å². The Morgan fingerprint density at radius 2 is 0.928 bits per heavy atom. The summed E-state index contributed by atoms with van der Waals surface area (Å²) in [6.07, 6.45) is -2.71. The predicted octanol–water partition coefficient (Wildman–Crippen LogP) is 10.3. The van der Waals surface area contributed by atoms with Crippen molar-refractivity contribution in [1.29, 1.82) is 0 Å². The van der Waals surface area contributed by atoms with E-state index in [2.05, 4.69) is 9.97 Å². The molecule has 3 saturated heterocycles. The molecular weight excluding hydrogens is 1240 g/mol. The number of carbonyl (C=O) groups excluding carboxylic acids is 1. The summed E-state index contributed by atoms with van der Waals surface area (Å²) in [5.41, 5.74) is 4.46. The van der Waals surface area contributed by atoms with Gasteiger partial charge in [0.2, 0.25) is 0 Å². The average molecular weight is 1320 g/mol. The lowest BCUT2D eigenvalue weighted by atomic mass is 9.79. The number of hydrogen-bond donors (Lipinski definition) is 3. The molecule has 504 valence electrons. The van der Waals surface area contributed by atoms with Crippen LogP contribution in [0, 0.1) is 27.7 Å². The van der Waals surface area contributed by atoms with E-state index < -0.39 is 95.0 Å². The standard InChI is InChI=1S/C45H49BN2O10.C31H32N2O6/c1-29-13-17-33(18-14-29)45(32-11-9-8-10-12-32,34-19-23-36(52-7)24-20-34)54-28-38-37(25-39(55-38)48-26-30(2)40(49)47-41(48)50)56-42(51)53-27-31-15-21-35(22-16-31)46-57-43(3,4)44(5,6)58-46;1-20-9-11-23(12-10-20)31(22-7-5-4-6-8-22,24-13-15-25(37-3)16-14-24)38-19-27-26(34)17-28(39-27)33-18-21(2)29(35)32-30(33)36/h8-24,26,37-39H,25,27-28H2,1-7H3,(H,47,49,50);4-16,18,26-28,34H,17,19H2,1-3H3,(H,32,35,36)/t37-,38+,39+,45?;26-,27+,28+,31?/m00/s1. The Hall–Kier alpha value is -9.45. The predicted molar refractivity (Wildman–Crippen MR) is 365 cm³/mol. The second-order valence-corrected chi connectivity index (χ2v) is 25.7. The number of methoxy groups -OCH3 is 2. The van der Waals surface area contributed by atoms with Gasteiger partial charge in [0.15, 0.2) is 0 Å². The normalized spacial score (nSPS) is 20.6. The maximum absolute atomic E-state index is 13.4. The zero-order valence-corrected chi connectivity index (χ0v) is 56.0. The molecule has 0 bridgehead atoms. The fraction of sp³-hybridized carbons (Fsp3) is 0.329. The first-order valence-electron chi connectivity index (χ1n) is 32.2. The van der Waals surface area contributed by atoms with Crippen molar-refractivity contribution in [3.05, 3.63) is 297 Å². The lowest BCUT2D eigenvalue weighted by Crippen LogP contribution is -2.41. The average Bonchev–Trinajstić information content (AvgIpc) is 1.51. The molecule has 9 aromatic rings. The largest absolute Gasteiger partial charge is 0.508 e. The van der Waals surface area contributed by atoms with Crippen LogP contribution in [-0.2, 0) is 55.5 Å². The van der Waals surface area contributed by atoms with Crippen molar-refractivity contribution < 1.29 is 57.1 Å². The van der Waals surface area contributed by atoms with Crippen molar-refractivity contribution in [2.45, 2.75) is 134 Å². The number of ether oxygens (including phenoxy) is 8. The van der Waals surface area contributed by atoms with Crippen LogP contribution >= 0.6 is 0 Å². The highest BCUT2D eigenvalue weighted by Gasteiger charge is 2.52. The third kappa shape index (κ3) is 14.8. The van der Waals surface area contributed by atoms with Crippen LogP contribution in [0.3, 0.4) is 0 Å². The molecule has 0 amide bonds. The van der Waals surface area contributed by atoms with Gasteiger partial charge in [-0.05, 0) is 124 Å². The van der Waals surface area contributed by atoms with E-state index >= 15 is 0 Å². The molecule has 0 radical (unpaired) electrons. The van der Waals surface area contributed by atoms with Crippen LogP contribution in [0.5, 0.6) is 11.5 Å². The topological polar surface area (TPSA) is 239 Å². The Bertz CT molecular complexity index is 4400. The molecule has 0 saturated carbocycles. The molecular formula is C76H81BN4O16. The summed E-state index contributed by atoms with van der Waals surface area (Å²) in [7, 11) is 2.72. The third-order valence-corrected chi connectivity index (χ3v) is 18.6. The third-order valence-electron chi connectivity index (χ3n) is 18.6. The van der Waals surface area contributed by atoms with Gasteiger partial charge in [0, 0.05) is 36.4 Å². The van der Waals surface area contributed by atoms with Crippen LogP contribution in [0.25, 0.3) is 0 Å². The molecule has 3 N–H and O–H groups in total. The van der Waals surface area contributed by atoms with Gasteiger partial charge in [0.25, 0.3) is 11.1 Å². The second kappa shape index (κ2) is 29.1. The number of benzene rings is 7.